The van der Waals surface area contributed by atoms with Gasteiger partial charge in [-0.3, -0.25) is 4.79 Å². The summed E-state index contributed by atoms with van der Waals surface area (Å²) < 4.78 is 26.9. The van der Waals surface area contributed by atoms with Gasteiger partial charge in [0.05, 0.1) is 7.11 Å². The first-order valence-electron chi connectivity index (χ1n) is 13.5. The van der Waals surface area contributed by atoms with Crippen LogP contribution in [-0.4, -0.2) is 91.2 Å². The van der Waals surface area contributed by atoms with Gasteiger partial charge >= 0.3 is 5.97 Å². The van der Waals surface area contributed by atoms with Crippen molar-refractivity contribution in [1.82, 2.24) is 0 Å². The summed E-state index contributed by atoms with van der Waals surface area (Å²) in [7, 11) is 1.36. The van der Waals surface area contributed by atoms with Crippen molar-refractivity contribution in [2.24, 2.45) is 0 Å². The molecule has 0 aliphatic carbocycles. The third kappa shape index (κ3) is 6.33. The standard InChI is InChI=1S/C31H28O15/c1-42-20-8-13(2-5-17(20)33)3-7-23(36)43-12-22-25(37)27(39)29(41)31(46-22)44-15-10-19(35)24-21(11-15)45-30(28(40)26(24)38)14-4-6-16(32)18(34)9-14/h2-11,22,25,27,29,31-35,37,39-41H,12H2,1H3/b7-3+/t22-,25-,27+,29-,31-/m1/s1. The smallest absolute Gasteiger partial charge is 0.330 e. The molecule has 1 fully saturated rings. The van der Waals surface area contributed by atoms with Crippen molar-refractivity contribution in [3.05, 3.63) is 70.4 Å². The fraction of sp³-hybridized carbons (Fsp3) is 0.226. The Morgan fingerprint density at radius 3 is 2.33 bits per heavy atom. The predicted molar refractivity (Wildman–Crippen MR) is 157 cm³/mol. The van der Waals surface area contributed by atoms with Crippen molar-refractivity contribution in [2.75, 3.05) is 13.7 Å². The molecule has 0 saturated carbocycles. The summed E-state index contributed by atoms with van der Waals surface area (Å²) >= 11 is 0. The minimum atomic E-state index is -1.83. The average Bonchev–Trinajstić information content (AvgIpc) is 3.03. The first kappa shape index (κ1) is 31.9. The maximum Gasteiger partial charge on any atom is 0.330 e. The van der Waals surface area contributed by atoms with Crippen molar-refractivity contribution >= 4 is 23.0 Å². The molecule has 1 aromatic heterocycles. The van der Waals surface area contributed by atoms with E-state index in [-0.39, 0.29) is 28.4 Å². The number of ether oxygens (including phenoxy) is 4. The summed E-state index contributed by atoms with van der Waals surface area (Å²) in [4.78, 5) is 25.2. The molecule has 5 atom stereocenters. The molecule has 4 aromatic rings. The Hall–Kier alpha value is -5.48. The third-order valence-electron chi connectivity index (χ3n) is 7.09. The van der Waals surface area contributed by atoms with E-state index in [1.807, 2.05) is 0 Å². The second-order valence-electron chi connectivity index (χ2n) is 10.2. The van der Waals surface area contributed by atoms with Crippen LogP contribution < -0.4 is 14.9 Å². The first-order valence-corrected chi connectivity index (χ1v) is 13.5. The molecule has 0 bridgehead atoms. The number of hydrogen-bond acceptors (Lipinski definition) is 15. The Balaban J connectivity index is 1.33. The van der Waals surface area contributed by atoms with Crippen LogP contribution in [0, 0.1) is 0 Å². The number of rotatable bonds is 8. The summed E-state index contributed by atoms with van der Waals surface area (Å²) in [5.41, 5.74) is -0.808. The highest BCUT2D eigenvalue weighted by molar-refractivity contribution is 5.88. The van der Waals surface area contributed by atoms with Gasteiger partial charge in [0.2, 0.25) is 17.5 Å². The number of fused-ring (bicyclic) bond motifs is 1. The van der Waals surface area contributed by atoms with Crippen LogP contribution in [0.4, 0.5) is 0 Å². The Labute approximate surface area is 258 Å². The van der Waals surface area contributed by atoms with E-state index < -0.39 is 82.9 Å². The number of aromatic hydroxyl groups is 5. The lowest BCUT2D eigenvalue weighted by molar-refractivity contribution is -0.278. The van der Waals surface area contributed by atoms with Crippen molar-refractivity contribution in [2.45, 2.75) is 30.7 Å². The lowest BCUT2D eigenvalue weighted by Crippen LogP contribution is -2.60. The molecule has 0 spiro atoms. The predicted octanol–water partition coefficient (Wildman–Crippen LogP) is 1.44. The summed E-state index contributed by atoms with van der Waals surface area (Å²) in [6.07, 6.45) is -5.97. The lowest BCUT2D eigenvalue weighted by Gasteiger charge is -2.39. The second kappa shape index (κ2) is 12.9. The number of hydrogen-bond donors (Lipinski definition) is 8. The molecule has 242 valence electrons. The number of methoxy groups -OCH3 is 1. The van der Waals surface area contributed by atoms with Crippen LogP contribution in [0.3, 0.4) is 0 Å². The zero-order valence-corrected chi connectivity index (χ0v) is 23.8. The van der Waals surface area contributed by atoms with E-state index in [1.165, 1.54) is 37.5 Å². The van der Waals surface area contributed by atoms with Gasteiger partial charge in [0.15, 0.2) is 28.8 Å². The van der Waals surface area contributed by atoms with Crippen LogP contribution >= 0.6 is 0 Å². The fourth-order valence-corrected chi connectivity index (χ4v) is 4.65. The second-order valence-corrected chi connectivity index (χ2v) is 10.2. The SMILES string of the molecule is COc1cc(/C=C/C(=O)OC[C@H]2O[C@@H](Oc3cc(O)c4c(=O)c(O)c(-c5ccc(O)c(O)c5)oc4c3)[C@H](O)[C@@H](O)[C@@H]2O)ccc1O. The van der Waals surface area contributed by atoms with Crippen molar-refractivity contribution < 1.29 is 69.0 Å². The van der Waals surface area contributed by atoms with Crippen molar-refractivity contribution in [3.8, 4) is 51.6 Å². The number of aliphatic hydroxyl groups is 3. The number of aliphatic hydroxyl groups excluding tert-OH is 3. The van der Waals surface area contributed by atoms with Crippen LogP contribution in [0.1, 0.15) is 5.56 Å². The van der Waals surface area contributed by atoms with Gasteiger partial charge in [-0.25, -0.2) is 4.79 Å². The molecule has 1 aliphatic rings. The van der Waals surface area contributed by atoms with Gasteiger partial charge in [0.1, 0.15) is 53.5 Å². The summed E-state index contributed by atoms with van der Waals surface area (Å²) in [6.45, 7) is -0.577. The molecule has 15 nitrogen and oxygen atoms in total. The molecule has 3 aromatic carbocycles. The van der Waals surface area contributed by atoms with E-state index >= 15 is 0 Å². The van der Waals surface area contributed by atoms with Gasteiger partial charge in [0, 0.05) is 23.8 Å². The zero-order chi connectivity index (χ0) is 33.3. The number of esters is 1. The van der Waals surface area contributed by atoms with Gasteiger partial charge < -0.3 is 64.2 Å². The molecule has 46 heavy (non-hydrogen) atoms. The van der Waals surface area contributed by atoms with Gasteiger partial charge in [-0.2, -0.15) is 0 Å². The summed E-state index contributed by atoms with van der Waals surface area (Å²) in [6, 6.07) is 9.83. The third-order valence-corrected chi connectivity index (χ3v) is 7.09. The number of phenols is 4. The molecule has 0 radical (unpaired) electrons. The fourth-order valence-electron chi connectivity index (χ4n) is 4.65. The molecular weight excluding hydrogens is 612 g/mol. The van der Waals surface area contributed by atoms with Crippen LogP contribution in [0.15, 0.2) is 63.8 Å². The maximum atomic E-state index is 12.9. The van der Waals surface area contributed by atoms with Crippen molar-refractivity contribution in [1.29, 1.82) is 0 Å². The first-order chi connectivity index (χ1) is 21.9. The number of benzene rings is 3. The van der Waals surface area contributed by atoms with Gasteiger partial charge in [-0.05, 0) is 42.0 Å². The normalized spacial score (nSPS) is 21.3. The average molecular weight is 641 g/mol. The lowest BCUT2D eigenvalue weighted by atomic mass is 9.99. The van der Waals surface area contributed by atoms with E-state index in [1.54, 1.807) is 0 Å². The van der Waals surface area contributed by atoms with E-state index in [4.69, 9.17) is 23.4 Å². The van der Waals surface area contributed by atoms with Crippen LogP contribution in [-0.2, 0) is 14.3 Å². The van der Waals surface area contributed by atoms with Crippen LogP contribution in [0.25, 0.3) is 28.4 Å². The highest BCUT2D eigenvalue weighted by Crippen LogP contribution is 2.38. The van der Waals surface area contributed by atoms with Gasteiger partial charge in [-0.1, -0.05) is 6.07 Å². The highest BCUT2D eigenvalue weighted by Gasteiger charge is 2.45. The molecule has 5 rings (SSSR count). The zero-order valence-electron chi connectivity index (χ0n) is 23.8. The Bertz CT molecular complexity index is 1860. The number of carbonyl (C=O) groups is 1. The van der Waals surface area contributed by atoms with E-state index in [0.717, 1.165) is 30.3 Å². The Morgan fingerprint density at radius 2 is 1.61 bits per heavy atom. The van der Waals surface area contributed by atoms with E-state index in [9.17, 15) is 50.4 Å². The molecule has 1 saturated heterocycles. The monoisotopic (exact) mass is 640 g/mol. The van der Waals surface area contributed by atoms with Gasteiger partial charge in [-0.15, -0.1) is 0 Å². The maximum absolute atomic E-state index is 12.9. The largest absolute Gasteiger partial charge is 0.507 e. The molecule has 2 heterocycles. The molecule has 15 heteroatoms. The molecule has 8 N–H and O–H groups in total. The molecule has 0 amide bonds. The molecular formula is C31H28O15. The Kier molecular flexibility index (Phi) is 8.93. The Morgan fingerprint density at radius 1 is 0.870 bits per heavy atom. The van der Waals surface area contributed by atoms with Crippen LogP contribution in [0.5, 0.6) is 40.2 Å². The van der Waals surface area contributed by atoms with E-state index in [2.05, 4.69) is 0 Å². The van der Waals surface area contributed by atoms with E-state index in [0.29, 0.717) is 5.56 Å². The minimum absolute atomic E-state index is 0.00998. The number of phenolic OH excluding ortho intramolecular Hbond substituents is 4. The highest BCUT2D eigenvalue weighted by atomic mass is 16.7. The summed E-state index contributed by atoms with van der Waals surface area (Å²) in [5, 5.41) is 81.1. The topological polar surface area (TPSA) is 246 Å². The number of carbonyl (C=O) groups excluding carboxylic acids is 1. The van der Waals surface area contributed by atoms with Crippen LogP contribution in [0.2, 0.25) is 0 Å². The quantitative estimate of drug-likeness (QED) is 0.0771. The minimum Gasteiger partial charge on any atom is -0.507 e. The van der Waals surface area contributed by atoms with Gasteiger partial charge in [0.25, 0.3) is 0 Å². The molecule has 0 unspecified atom stereocenters. The summed E-state index contributed by atoms with van der Waals surface area (Å²) in [5.74, 6) is -4.00. The molecule has 1 aliphatic heterocycles. The van der Waals surface area contributed by atoms with Crippen molar-refractivity contribution in [3.63, 3.8) is 0 Å².